The van der Waals surface area contributed by atoms with Gasteiger partial charge in [-0.25, -0.2) is 0 Å². The zero-order valence-corrected chi connectivity index (χ0v) is 16.1. The number of carbonyl (C=O) groups excluding carboxylic acids is 1. The first-order valence-electron chi connectivity index (χ1n) is 7.31. The van der Waals surface area contributed by atoms with Crippen LogP contribution in [-0.4, -0.2) is 21.9 Å². The molecule has 0 spiro atoms. The van der Waals surface area contributed by atoms with Crippen LogP contribution >= 0.6 is 46.3 Å². The number of halogens is 2. The van der Waals surface area contributed by atoms with E-state index >= 15 is 0 Å². The maximum Gasteiger partial charge on any atom is 0.236 e. The lowest BCUT2D eigenvalue weighted by molar-refractivity contribution is -0.113. The Labute approximate surface area is 163 Å². The fourth-order valence-electron chi connectivity index (χ4n) is 2.03. The summed E-state index contributed by atoms with van der Waals surface area (Å²) in [6, 6.07) is 14.9. The smallest absolute Gasteiger partial charge is 0.236 e. The number of nitrogens with zero attached hydrogens (tertiary/aromatic N) is 2. The molecule has 0 aliphatic rings. The van der Waals surface area contributed by atoms with Crippen molar-refractivity contribution in [3.05, 3.63) is 64.1 Å². The van der Waals surface area contributed by atoms with Gasteiger partial charge in [0.15, 0.2) is 0 Å². The Morgan fingerprint density at radius 3 is 2.64 bits per heavy atom. The average molecular weight is 410 g/mol. The number of thioether (sulfide) groups is 1. The lowest BCUT2D eigenvalue weighted by Crippen LogP contribution is -2.13. The van der Waals surface area contributed by atoms with Gasteiger partial charge in [0.05, 0.1) is 5.75 Å². The highest BCUT2D eigenvalue weighted by atomic mass is 35.5. The van der Waals surface area contributed by atoms with Crippen LogP contribution in [-0.2, 0) is 10.5 Å². The van der Waals surface area contributed by atoms with E-state index < -0.39 is 0 Å². The van der Waals surface area contributed by atoms with Crippen LogP contribution < -0.4 is 5.32 Å². The number of nitrogens with one attached hydrogen (secondary N) is 1. The third-order valence-corrected chi connectivity index (χ3v) is 5.53. The number of carbonyl (C=O) groups is 1. The monoisotopic (exact) mass is 409 g/mol. The van der Waals surface area contributed by atoms with Crippen LogP contribution in [0.5, 0.6) is 0 Å². The number of amides is 1. The summed E-state index contributed by atoms with van der Waals surface area (Å²) < 4.78 is 0. The first kappa shape index (κ1) is 18.2. The lowest BCUT2D eigenvalue weighted by Gasteiger charge is -2.02. The molecule has 1 aromatic heterocycles. The van der Waals surface area contributed by atoms with Crippen molar-refractivity contribution in [1.82, 2.24) is 10.2 Å². The Balaban J connectivity index is 1.50. The van der Waals surface area contributed by atoms with Gasteiger partial charge in [0.25, 0.3) is 0 Å². The molecule has 0 radical (unpaired) electrons. The number of rotatable bonds is 6. The second-order valence-corrected chi connectivity index (χ2v) is 7.93. The number of benzene rings is 2. The second kappa shape index (κ2) is 8.67. The minimum atomic E-state index is -0.106. The highest BCUT2D eigenvalue weighted by molar-refractivity contribution is 7.99. The number of anilines is 1. The van der Waals surface area contributed by atoms with E-state index in [-0.39, 0.29) is 5.91 Å². The third-order valence-electron chi connectivity index (χ3n) is 3.15. The van der Waals surface area contributed by atoms with Gasteiger partial charge in [-0.15, -0.1) is 22.0 Å². The van der Waals surface area contributed by atoms with Crippen molar-refractivity contribution in [3.63, 3.8) is 0 Å². The summed E-state index contributed by atoms with van der Waals surface area (Å²) in [6.45, 7) is 0. The molecule has 8 heteroatoms. The normalized spacial score (nSPS) is 10.6. The van der Waals surface area contributed by atoms with Crippen molar-refractivity contribution in [3.8, 4) is 10.6 Å². The first-order chi connectivity index (χ1) is 12.1. The van der Waals surface area contributed by atoms with Gasteiger partial charge in [-0.1, -0.05) is 58.8 Å². The van der Waals surface area contributed by atoms with E-state index in [1.54, 1.807) is 12.1 Å². The Morgan fingerprint density at radius 2 is 1.88 bits per heavy atom. The summed E-state index contributed by atoms with van der Waals surface area (Å²) >= 11 is 14.7. The molecule has 4 nitrogen and oxygen atoms in total. The fourth-order valence-corrected chi connectivity index (χ4v) is 3.91. The fraction of sp³-hybridized carbons (Fsp3) is 0.118. The van der Waals surface area contributed by atoms with E-state index in [2.05, 4.69) is 15.5 Å². The predicted molar refractivity (Wildman–Crippen MR) is 107 cm³/mol. The van der Waals surface area contributed by atoms with Crippen LogP contribution in [0.2, 0.25) is 10.0 Å². The SMILES string of the molecule is O=C(CSCc1cccc(Cl)c1)Nc1nnc(-c2ccc(Cl)cc2)s1. The van der Waals surface area contributed by atoms with E-state index in [9.17, 15) is 4.79 Å². The van der Waals surface area contributed by atoms with Gasteiger partial charge in [0, 0.05) is 21.4 Å². The van der Waals surface area contributed by atoms with Gasteiger partial charge in [-0.05, 0) is 29.8 Å². The molecule has 0 saturated carbocycles. The van der Waals surface area contributed by atoms with Gasteiger partial charge in [-0.3, -0.25) is 10.1 Å². The summed E-state index contributed by atoms with van der Waals surface area (Å²) in [5, 5.41) is 13.5. The maximum atomic E-state index is 12.0. The molecule has 3 aromatic rings. The molecule has 0 bridgehead atoms. The van der Waals surface area contributed by atoms with Gasteiger partial charge in [0.1, 0.15) is 5.01 Å². The quantitative estimate of drug-likeness (QED) is 0.593. The summed E-state index contributed by atoms with van der Waals surface area (Å²) in [5.41, 5.74) is 2.00. The van der Waals surface area contributed by atoms with Gasteiger partial charge in [0.2, 0.25) is 11.0 Å². The van der Waals surface area contributed by atoms with Crippen LogP contribution in [0.25, 0.3) is 10.6 Å². The lowest BCUT2D eigenvalue weighted by atomic mass is 10.2. The first-order valence-corrected chi connectivity index (χ1v) is 10.0. The summed E-state index contributed by atoms with van der Waals surface area (Å²) in [5.74, 6) is 0.952. The molecule has 0 saturated heterocycles. The third kappa shape index (κ3) is 5.44. The molecular weight excluding hydrogens is 397 g/mol. The van der Waals surface area contributed by atoms with Gasteiger partial charge in [-0.2, -0.15) is 0 Å². The molecule has 0 unspecified atom stereocenters. The zero-order chi connectivity index (χ0) is 17.6. The van der Waals surface area contributed by atoms with Crippen LogP contribution in [0, 0.1) is 0 Å². The molecule has 2 aromatic carbocycles. The molecule has 1 amide bonds. The van der Waals surface area contributed by atoms with Crippen molar-refractivity contribution in [1.29, 1.82) is 0 Å². The van der Waals surface area contributed by atoms with Gasteiger partial charge < -0.3 is 0 Å². The van der Waals surface area contributed by atoms with E-state index in [0.29, 0.717) is 20.9 Å². The van der Waals surface area contributed by atoms with E-state index in [4.69, 9.17) is 23.2 Å². The standard InChI is InChI=1S/C17H13Cl2N3OS2/c18-13-6-4-12(5-7-13)16-21-22-17(25-16)20-15(23)10-24-9-11-2-1-3-14(19)8-11/h1-8H,9-10H2,(H,20,22,23). The van der Waals surface area contributed by atoms with Crippen LogP contribution in [0.15, 0.2) is 48.5 Å². The molecule has 0 aliphatic heterocycles. The largest absolute Gasteiger partial charge is 0.300 e. The molecule has 0 aliphatic carbocycles. The van der Waals surface area contributed by atoms with Crippen molar-refractivity contribution in [2.75, 3.05) is 11.1 Å². The molecule has 3 rings (SSSR count). The predicted octanol–water partition coefficient (Wildman–Crippen LogP) is 5.38. The molecule has 0 atom stereocenters. The topological polar surface area (TPSA) is 54.9 Å². The zero-order valence-electron chi connectivity index (χ0n) is 12.9. The van der Waals surface area contributed by atoms with Crippen molar-refractivity contribution in [2.45, 2.75) is 5.75 Å². The Hall–Kier alpha value is -1.60. The number of hydrogen-bond donors (Lipinski definition) is 1. The molecule has 0 fully saturated rings. The van der Waals surface area contributed by atoms with Crippen molar-refractivity contribution < 1.29 is 4.79 Å². The Kier molecular flexibility index (Phi) is 6.31. The van der Waals surface area contributed by atoms with Crippen LogP contribution in [0.3, 0.4) is 0 Å². The highest BCUT2D eigenvalue weighted by Crippen LogP contribution is 2.27. The van der Waals surface area contributed by atoms with Crippen LogP contribution in [0.4, 0.5) is 5.13 Å². The summed E-state index contributed by atoms with van der Waals surface area (Å²) in [7, 11) is 0. The van der Waals surface area contributed by atoms with E-state index in [1.807, 2.05) is 36.4 Å². The number of hydrogen-bond acceptors (Lipinski definition) is 5. The second-order valence-electron chi connectivity index (χ2n) is 5.09. The Morgan fingerprint density at radius 1 is 1.08 bits per heavy atom. The molecule has 1 N–H and O–H groups in total. The van der Waals surface area contributed by atoms with E-state index in [0.717, 1.165) is 21.9 Å². The molecule has 1 heterocycles. The maximum absolute atomic E-state index is 12.0. The minimum absolute atomic E-state index is 0.106. The van der Waals surface area contributed by atoms with Crippen molar-refractivity contribution in [2.24, 2.45) is 0 Å². The molecule has 128 valence electrons. The Bertz CT molecular complexity index is 868. The minimum Gasteiger partial charge on any atom is -0.300 e. The summed E-state index contributed by atoms with van der Waals surface area (Å²) in [6.07, 6.45) is 0. The van der Waals surface area contributed by atoms with E-state index in [1.165, 1.54) is 23.1 Å². The average Bonchev–Trinajstić information content (AvgIpc) is 3.04. The summed E-state index contributed by atoms with van der Waals surface area (Å²) in [4.78, 5) is 12.0. The molecule has 25 heavy (non-hydrogen) atoms. The highest BCUT2D eigenvalue weighted by Gasteiger charge is 2.10. The molecular formula is C17H13Cl2N3OS2. The van der Waals surface area contributed by atoms with Gasteiger partial charge >= 0.3 is 0 Å². The van der Waals surface area contributed by atoms with Crippen LogP contribution in [0.1, 0.15) is 5.56 Å². The number of aromatic nitrogens is 2. The van der Waals surface area contributed by atoms with Crippen molar-refractivity contribution >= 4 is 57.3 Å².